The van der Waals surface area contributed by atoms with Crippen molar-refractivity contribution < 1.29 is 14.4 Å². The highest BCUT2D eigenvalue weighted by Crippen LogP contribution is 1.88. The SMILES string of the molecule is CCC(=O)/C(C)=N/OC(C)=O. The number of nitrogens with zero attached hydrogens (tertiary/aromatic N) is 1. The summed E-state index contributed by atoms with van der Waals surface area (Å²) in [7, 11) is 0. The lowest BCUT2D eigenvalue weighted by molar-refractivity contribution is -0.140. The van der Waals surface area contributed by atoms with Crippen molar-refractivity contribution in [3.8, 4) is 0 Å². The van der Waals surface area contributed by atoms with Crippen LogP contribution in [0.15, 0.2) is 5.16 Å². The Hall–Kier alpha value is -1.19. The standard InChI is InChI=1S/C7H11NO3/c1-4-7(10)5(2)8-11-6(3)9/h4H2,1-3H3/b8-5+. The Morgan fingerprint density at radius 1 is 1.36 bits per heavy atom. The van der Waals surface area contributed by atoms with Crippen molar-refractivity contribution in [3.05, 3.63) is 0 Å². The van der Waals surface area contributed by atoms with Crippen LogP contribution in [0.4, 0.5) is 0 Å². The molecular weight excluding hydrogens is 146 g/mol. The third kappa shape index (κ3) is 4.25. The van der Waals surface area contributed by atoms with E-state index in [9.17, 15) is 9.59 Å². The van der Waals surface area contributed by atoms with E-state index in [0.717, 1.165) is 0 Å². The van der Waals surface area contributed by atoms with Gasteiger partial charge < -0.3 is 4.84 Å². The van der Waals surface area contributed by atoms with Crippen LogP contribution < -0.4 is 0 Å². The molecule has 62 valence electrons. The van der Waals surface area contributed by atoms with E-state index in [0.29, 0.717) is 6.42 Å². The molecule has 0 saturated carbocycles. The van der Waals surface area contributed by atoms with Crippen LogP contribution in [-0.4, -0.2) is 17.5 Å². The number of carbonyl (C=O) groups is 2. The quantitative estimate of drug-likeness (QED) is 0.347. The summed E-state index contributed by atoms with van der Waals surface area (Å²) in [6, 6.07) is 0. The van der Waals surface area contributed by atoms with Crippen LogP contribution in [0.5, 0.6) is 0 Å². The summed E-state index contributed by atoms with van der Waals surface area (Å²) in [5.41, 5.74) is 0.225. The Morgan fingerprint density at radius 3 is 2.27 bits per heavy atom. The van der Waals surface area contributed by atoms with Crippen LogP contribution >= 0.6 is 0 Å². The molecule has 4 nitrogen and oxygen atoms in total. The predicted octanol–water partition coefficient (Wildman–Crippen LogP) is 0.905. The molecule has 0 unspecified atom stereocenters. The zero-order valence-corrected chi connectivity index (χ0v) is 6.88. The molecule has 0 atom stereocenters. The molecule has 0 aromatic heterocycles. The summed E-state index contributed by atoms with van der Waals surface area (Å²) in [5.74, 6) is -0.639. The van der Waals surface area contributed by atoms with Crippen LogP contribution in [0.25, 0.3) is 0 Å². The van der Waals surface area contributed by atoms with Crippen molar-refractivity contribution in [2.24, 2.45) is 5.16 Å². The van der Waals surface area contributed by atoms with Gasteiger partial charge in [0.25, 0.3) is 0 Å². The Labute approximate surface area is 65.2 Å². The molecule has 0 rings (SSSR count). The molecule has 0 heterocycles. The number of oxime groups is 1. The van der Waals surface area contributed by atoms with Crippen molar-refractivity contribution in [2.45, 2.75) is 27.2 Å². The lowest BCUT2D eigenvalue weighted by Gasteiger charge is -1.94. The lowest BCUT2D eigenvalue weighted by Crippen LogP contribution is -2.09. The number of carbonyl (C=O) groups excluding carboxylic acids is 2. The maximum Gasteiger partial charge on any atom is 0.331 e. The van der Waals surface area contributed by atoms with E-state index < -0.39 is 5.97 Å². The van der Waals surface area contributed by atoms with Gasteiger partial charge in [-0.15, -0.1) is 0 Å². The monoisotopic (exact) mass is 157 g/mol. The summed E-state index contributed by atoms with van der Waals surface area (Å²) in [5, 5.41) is 3.31. The molecule has 0 aliphatic heterocycles. The first-order valence-corrected chi connectivity index (χ1v) is 3.33. The summed E-state index contributed by atoms with van der Waals surface area (Å²) in [6.45, 7) is 4.46. The van der Waals surface area contributed by atoms with Gasteiger partial charge in [0.1, 0.15) is 5.71 Å². The Morgan fingerprint density at radius 2 is 1.91 bits per heavy atom. The van der Waals surface area contributed by atoms with Crippen molar-refractivity contribution in [2.75, 3.05) is 0 Å². The van der Waals surface area contributed by atoms with E-state index >= 15 is 0 Å². The zero-order valence-electron chi connectivity index (χ0n) is 6.88. The van der Waals surface area contributed by atoms with Crippen LogP contribution in [0.2, 0.25) is 0 Å². The van der Waals surface area contributed by atoms with Gasteiger partial charge in [-0.05, 0) is 6.92 Å². The molecule has 11 heavy (non-hydrogen) atoms. The maximum atomic E-state index is 10.8. The largest absolute Gasteiger partial charge is 0.331 e. The Kier molecular flexibility index (Phi) is 4.10. The van der Waals surface area contributed by atoms with E-state index in [1.807, 2.05) is 0 Å². The third-order valence-corrected chi connectivity index (χ3v) is 1.04. The Balaban J connectivity index is 4.00. The first-order valence-electron chi connectivity index (χ1n) is 3.33. The van der Waals surface area contributed by atoms with E-state index in [4.69, 9.17) is 0 Å². The van der Waals surface area contributed by atoms with Crippen molar-refractivity contribution in [1.82, 2.24) is 0 Å². The first kappa shape index (κ1) is 9.81. The highest BCUT2D eigenvalue weighted by molar-refractivity contribution is 6.38. The van der Waals surface area contributed by atoms with Gasteiger partial charge in [0.05, 0.1) is 0 Å². The van der Waals surface area contributed by atoms with Gasteiger partial charge in [0.15, 0.2) is 5.78 Å². The smallest absolute Gasteiger partial charge is 0.318 e. The molecule has 0 aromatic rings. The number of ketones is 1. The van der Waals surface area contributed by atoms with Crippen LogP contribution in [-0.2, 0) is 14.4 Å². The van der Waals surface area contributed by atoms with Crippen molar-refractivity contribution >= 4 is 17.5 Å². The summed E-state index contributed by atoms with van der Waals surface area (Å²) in [4.78, 5) is 25.3. The first-order chi connectivity index (χ1) is 5.07. The fraction of sp³-hybridized carbons (Fsp3) is 0.571. The second-order valence-corrected chi connectivity index (χ2v) is 2.04. The fourth-order valence-corrected chi connectivity index (χ4v) is 0.439. The van der Waals surface area contributed by atoms with E-state index in [1.54, 1.807) is 6.92 Å². The maximum absolute atomic E-state index is 10.8. The molecule has 0 bridgehead atoms. The van der Waals surface area contributed by atoms with Gasteiger partial charge >= 0.3 is 5.97 Å². The number of hydrogen-bond acceptors (Lipinski definition) is 4. The topological polar surface area (TPSA) is 55.7 Å². The number of Topliss-reactive ketones (excluding diaryl/α,β-unsaturated/α-hetero) is 1. The number of rotatable bonds is 3. The van der Waals surface area contributed by atoms with Crippen molar-refractivity contribution in [3.63, 3.8) is 0 Å². The molecule has 0 spiro atoms. The third-order valence-electron chi connectivity index (χ3n) is 1.04. The summed E-state index contributed by atoms with van der Waals surface area (Å²) >= 11 is 0. The van der Waals surface area contributed by atoms with Gasteiger partial charge in [-0.25, -0.2) is 4.79 Å². The normalized spacial score (nSPS) is 11.0. The fourth-order valence-electron chi connectivity index (χ4n) is 0.439. The minimum absolute atomic E-state index is 0.119. The van der Waals surface area contributed by atoms with Crippen LogP contribution in [0.1, 0.15) is 27.2 Å². The van der Waals surface area contributed by atoms with Crippen molar-refractivity contribution in [1.29, 1.82) is 0 Å². The molecule has 0 aliphatic carbocycles. The molecule has 0 amide bonds. The number of hydrogen-bond donors (Lipinski definition) is 0. The minimum atomic E-state index is -0.520. The second kappa shape index (κ2) is 4.60. The molecular formula is C7H11NO3. The van der Waals surface area contributed by atoms with Gasteiger partial charge in [0.2, 0.25) is 0 Å². The predicted molar refractivity (Wildman–Crippen MR) is 40.2 cm³/mol. The van der Waals surface area contributed by atoms with Crippen LogP contribution in [0.3, 0.4) is 0 Å². The second-order valence-electron chi connectivity index (χ2n) is 2.04. The molecule has 4 heteroatoms. The molecule has 0 aliphatic rings. The Bertz CT molecular complexity index is 196. The van der Waals surface area contributed by atoms with E-state index in [1.165, 1.54) is 13.8 Å². The van der Waals surface area contributed by atoms with Gasteiger partial charge in [0, 0.05) is 13.3 Å². The lowest BCUT2D eigenvalue weighted by atomic mass is 10.2. The highest BCUT2D eigenvalue weighted by atomic mass is 16.7. The van der Waals surface area contributed by atoms with Gasteiger partial charge in [-0.1, -0.05) is 12.1 Å². The summed E-state index contributed by atoms with van der Waals surface area (Å²) < 4.78 is 0. The molecule has 0 aromatic carbocycles. The van der Waals surface area contributed by atoms with Gasteiger partial charge in [-0.3, -0.25) is 4.79 Å². The van der Waals surface area contributed by atoms with Gasteiger partial charge in [-0.2, -0.15) is 0 Å². The average Bonchev–Trinajstić information content (AvgIpc) is 1.98. The summed E-state index contributed by atoms with van der Waals surface area (Å²) in [6.07, 6.45) is 0.372. The zero-order chi connectivity index (χ0) is 8.85. The molecule has 0 N–H and O–H groups in total. The molecule has 0 saturated heterocycles. The molecule has 0 radical (unpaired) electrons. The minimum Gasteiger partial charge on any atom is -0.318 e. The van der Waals surface area contributed by atoms with E-state index in [2.05, 4.69) is 9.99 Å². The average molecular weight is 157 g/mol. The molecule has 0 fully saturated rings. The highest BCUT2D eigenvalue weighted by Gasteiger charge is 2.02. The van der Waals surface area contributed by atoms with E-state index in [-0.39, 0.29) is 11.5 Å². The van der Waals surface area contributed by atoms with Crippen LogP contribution in [0, 0.1) is 0 Å².